The third-order valence-corrected chi connectivity index (χ3v) is 6.54. The summed E-state index contributed by atoms with van der Waals surface area (Å²) in [4.78, 5) is 31.7. The molecule has 0 bridgehead atoms. The fourth-order valence-corrected chi connectivity index (χ4v) is 4.75. The van der Waals surface area contributed by atoms with Gasteiger partial charge in [-0.1, -0.05) is 34.7 Å². The van der Waals surface area contributed by atoms with Crippen molar-refractivity contribution in [3.63, 3.8) is 0 Å². The molecule has 2 aromatic heterocycles. The van der Waals surface area contributed by atoms with Crippen molar-refractivity contribution in [1.29, 1.82) is 0 Å². The summed E-state index contributed by atoms with van der Waals surface area (Å²) in [5.74, 6) is -2.20. The van der Waals surface area contributed by atoms with E-state index in [4.69, 9.17) is 23.8 Å². The zero-order valence-electron chi connectivity index (χ0n) is 15.3. The summed E-state index contributed by atoms with van der Waals surface area (Å²) in [6.45, 7) is 0. The Balaban J connectivity index is 1.60. The Morgan fingerprint density at radius 2 is 2.00 bits per heavy atom. The molecular weight excluding hydrogens is 486 g/mol. The number of nitrogens with zero attached hydrogens (tertiary/aromatic N) is 2. The molecular formula is C19H11ClF2N4O2S3. The average Bonchev–Trinajstić information content (AvgIpc) is 3.06. The van der Waals surface area contributed by atoms with E-state index in [2.05, 4.69) is 15.3 Å². The van der Waals surface area contributed by atoms with Crippen molar-refractivity contribution >= 4 is 68.9 Å². The highest BCUT2D eigenvalue weighted by Gasteiger charge is 2.15. The number of anilines is 1. The molecule has 1 amide bonds. The zero-order valence-corrected chi connectivity index (χ0v) is 18.5. The van der Waals surface area contributed by atoms with Crippen molar-refractivity contribution in [2.75, 3.05) is 11.1 Å². The van der Waals surface area contributed by atoms with Crippen LogP contribution in [0, 0.1) is 15.6 Å². The Morgan fingerprint density at radius 1 is 1.26 bits per heavy atom. The standard InChI is InChI=1S/C19H11ClF2N4O2S3/c20-9-1-4-11(5-2-9)26-16-15(31-19(26)29)17(28)25-18(24-16)30-8-14(27)23-13-7-10(21)3-6-12(13)22/h1-7H,8H2,(H,23,27)(H,24,25,28). The number of aromatic amines is 1. The summed E-state index contributed by atoms with van der Waals surface area (Å²) in [7, 11) is 0. The Bertz CT molecular complexity index is 1420. The second kappa shape index (κ2) is 8.87. The van der Waals surface area contributed by atoms with Crippen LogP contribution in [0.15, 0.2) is 52.4 Å². The van der Waals surface area contributed by atoms with Gasteiger partial charge in [0, 0.05) is 16.8 Å². The SMILES string of the molecule is O=C(CSc1nc2c(sc(=S)n2-c2ccc(Cl)cc2)c(=O)[nH]1)Nc1cc(F)ccc1F. The van der Waals surface area contributed by atoms with Crippen molar-refractivity contribution in [2.45, 2.75) is 5.16 Å². The second-order valence-electron chi connectivity index (χ2n) is 6.16. The van der Waals surface area contributed by atoms with Crippen LogP contribution in [0.3, 0.4) is 0 Å². The monoisotopic (exact) mass is 496 g/mol. The summed E-state index contributed by atoms with van der Waals surface area (Å²) in [5, 5.41) is 3.03. The van der Waals surface area contributed by atoms with Crippen LogP contribution < -0.4 is 10.9 Å². The molecule has 2 aromatic carbocycles. The molecule has 0 fully saturated rings. The van der Waals surface area contributed by atoms with Gasteiger partial charge in [0.25, 0.3) is 5.56 Å². The largest absolute Gasteiger partial charge is 0.323 e. The maximum absolute atomic E-state index is 13.7. The number of hydrogen-bond acceptors (Lipinski definition) is 6. The molecule has 31 heavy (non-hydrogen) atoms. The van der Waals surface area contributed by atoms with Crippen LogP contribution >= 0.6 is 46.9 Å². The number of thioether (sulfide) groups is 1. The molecule has 0 saturated carbocycles. The number of fused-ring (bicyclic) bond motifs is 1. The molecule has 4 aromatic rings. The van der Waals surface area contributed by atoms with Gasteiger partial charge in [-0.05, 0) is 48.6 Å². The van der Waals surface area contributed by atoms with Crippen LogP contribution in [0.5, 0.6) is 0 Å². The molecule has 4 rings (SSSR count). The average molecular weight is 497 g/mol. The van der Waals surface area contributed by atoms with Gasteiger partial charge in [0.05, 0.1) is 11.4 Å². The van der Waals surface area contributed by atoms with Crippen LogP contribution in [0.4, 0.5) is 14.5 Å². The third-order valence-electron chi connectivity index (χ3n) is 4.05. The van der Waals surface area contributed by atoms with Gasteiger partial charge in [-0.25, -0.2) is 13.8 Å². The summed E-state index contributed by atoms with van der Waals surface area (Å²) in [5.41, 5.74) is 0.374. The number of halogens is 3. The van der Waals surface area contributed by atoms with Crippen LogP contribution in [0.2, 0.25) is 5.02 Å². The van der Waals surface area contributed by atoms with Crippen molar-refractivity contribution in [2.24, 2.45) is 0 Å². The maximum atomic E-state index is 13.7. The number of H-pyrrole nitrogens is 1. The van der Waals surface area contributed by atoms with E-state index in [0.717, 1.165) is 41.3 Å². The summed E-state index contributed by atoms with van der Waals surface area (Å²) in [6, 6.07) is 9.65. The smallest absolute Gasteiger partial charge is 0.271 e. The molecule has 0 saturated heterocycles. The number of thiazole rings is 1. The van der Waals surface area contributed by atoms with Crippen LogP contribution in [0.1, 0.15) is 0 Å². The Labute approximate surface area is 191 Å². The quantitative estimate of drug-likeness (QED) is 0.226. The van der Waals surface area contributed by atoms with Gasteiger partial charge in [0.2, 0.25) is 5.91 Å². The van der Waals surface area contributed by atoms with E-state index in [1.54, 1.807) is 28.8 Å². The van der Waals surface area contributed by atoms with Gasteiger partial charge in [0.1, 0.15) is 16.3 Å². The highest BCUT2D eigenvalue weighted by atomic mass is 35.5. The number of carbonyl (C=O) groups excluding carboxylic acids is 1. The first-order chi connectivity index (χ1) is 14.8. The van der Waals surface area contributed by atoms with Crippen molar-refractivity contribution < 1.29 is 13.6 Å². The van der Waals surface area contributed by atoms with E-state index in [-0.39, 0.29) is 16.6 Å². The van der Waals surface area contributed by atoms with E-state index in [0.29, 0.717) is 25.0 Å². The van der Waals surface area contributed by atoms with E-state index in [1.807, 2.05) is 0 Å². The lowest BCUT2D eigenvalue weighted by atomic mass is 10.3. The number of hydrogen-bond donors (Lipinski definition) is 2. The van der Waals surface area contributed by atoms with Gasteiger partial charge >= 0.3 is 0 Å². The minimum atomic E-state index is -0.757. The lowest BCUT2D eigenvalue weighted by Gasteiger charge is -2.07. The predicted molar refractivity (Wildman–Crippen MR) is 121 cm³/mol. The Hall–Kier alpha value is -2.60. The highest BCUT2D eigenvalue weighted by molar-refractivity contribution is 7.99. The van der Waals surface area contributed by atoms with Gasteiger partial charge in [-0.15, -0.1) is 0 Å². The molecule has 0 spiro atoms. The van der Waals surface area contributed by atoms with Gasteiger partial charge in [-0.2, -0.15) is 0 Å². The normalized spacial score (nSPS) is 11.1. The van der Waals surface area contributed by atoms with Crippen LogP contribution in [0.25, 0.3) is 16.0 Å². The van der Waals surface area contributed by atoms with Gasteiger partial charge in [-0.3, -0.25) is 14.2 Å². The minimum Gasteiger partial charge on any atom is -0.323 e. The van der Waals surface area contributed by atoms with E-state index < -0.39 is 23.1 Å². The van der Waals surface area contributed by atoms with Crippen LogP contribution in [-0.4, -0.2) is 26.2 Å². The molecule has 12 heteroatoms. The summed E-state index contributed by atoms with van der Waals surface area (Å²) in [6.07, 6.45) is 0. The zero-order chi connectivity index (χ0) is 22.1. The topological polar surface area (TPSA) is 79.8 Å². The minimum absolute atomic E-state index is 0.183. The molecule has 0 unspecified atom stereocenters. The maximum Gasteiger partial charge on any atom is 0.271 e. The van der Waals surface area contributed by atoms with Crippen molar-refractivity contribution in [3.8, 4) is 5.69 Å². The number of carbonyl (C=O) groups is 1. The molecule has 0 atom stereocenters. The first kappa shape index (κ1) is 21.6. The fourth-order valence-electron chi connectivity index (χ4n) is 2.69. The number of nitrogens with one attached hydrogen (secondary N) is 2. The molecule has 2 heterocycles. The molecule has 0 radical (unpaired) electrons. The molecule has 158 valence electrons. The van der Waals surface area contributed by atoms with E-state index in [1.165, 1.54) is 0 Å². The molecule has 0 aliphatic heterocycles. The van der Waals surface area contributed by atoms with E-state index >= 15 is 0 Å². The number of amides is 1. The second-order valence-corrected chi connectivity index (χ2v) is 9.21. The van der Waals surface area contributed by atoms with Gasteiger partial charge < -0.3 is 10.3 Å². The highest BCUT2D eigenvalue weighted by Crippen LogP contribution is 2.25. The Morgan fingerprint density at radius 3 is 2.74 bits per heavy atom. The fraction of sp³-hybridized carbons (Fsp3) is 0.0526. The van der Waals surface area contributed by atoms with Crippen molar-refractivity contribution in [3.05, 3.63) is 73.4 Å². The molecule has 2 N–H and O–H groups in total. The molecule has 0 aliphatic carbocycles. The molecule has 0 aliphatic rings. The Kier molecular flexibility index (Phi) is 6.19. The number of aromatic nitrogens is 3. The number of benzene rings is 2. The van der Waals surface area contributed by atoms with E-state index in [9.17, 15) is 18.4 Å². The lowest BCUT2D eigenvalue weighted by molar-refractivity contribution is -0.113. The first-order valence-electron chi connectivity index (χ1n) is 8.61. The summed E-state index contributed by atoms with van der Waals surface area (Å²) >= 11 is 13.4. The van der Waals surface area contributed by atoms with Crippen molar-refractivity contribution in [1.82, 2.24) is 14.5 Å². The number of rotatable bonds is 5. The lowest BCUT2D eigenvalue weighted by Crippen LogP contribution is -2.16. The third kappa shape index (κ3) is 4.69. The predicted octanol–water partition coefficient (Wildman–Crippen LogP) is 5.17. The molecule has 6 nitrogen and oxygen atoms in total. The first-order valence-corrected chi connectivity index (χ1v) is 11.2. The van der Waals surface area contributed by atoms with Gasteiger partial charge in [0.15, 0.2) is 14.8 Å². The van der Waals surface area contributed by atoms with Crippen LogP contribution in [-0.2, 0) is 4.79 Å². The summed E-state index contributed by atoms with van der Waals surface area (Å²) < 4.78 is 29.4.